The van der Waals surface area contributed by atoms with Crippen LogP contribution >= 0.6 is 22.9 Å². The van der Waals surface area contributed by atoms with Crippen LogP contribution in [0.2, 0.25) is 5.02 Å². The fourth-order valence-corrected chi connectivity index (χ4v) is 4.14. The third kappa shape index (κ3) is 4.95. The number of hydrogen-bond acceptors (Lipinski definition) is 3. The van der Waals surface area contributed by atoms with Gasteiger partial charge in [0.1, 0.15) is 5.82 Å². The van der Waals surface area contributed by atoms with Gasteiger partial charge < -0.3 is 5.32 Å². The molecule has 3 rings (SSSR count). The van der Waals surface area contributed by atoms with E-state index in [0.717, 1.165) is 21.6 Å². The molecule has 1 aromatic heterocycles. The SMILES string of the molecule is Cc1cc(C)c(NC(=O)CN[C@@H](c2ccc(F)cc2)c2cccs2)c(Cl)c1. The van der Waals surface area contributed by atoms with E-state index in [1.807, 2.05) is 43.5 Å². The summed E-state index contributed by atoms with van der Waals surface area (Å²) in [6.45, 7) is 3.97. The lowest BCUT2D eigenvalue weighted by Gasteiger charge is -2.18. The van der Waals surface area contributed by atoms with E-state index in [1.54, 1.807) is 23.5 Å². The van der Waals surface area contributed by atoms with E-state index in [0.29, 0.717) is 10.7 Å². The van der Waals surface area contributed by atoms with Crippen molar-refractivity contribution in [1.82, 2.24) is 5.32 Å². The number of carbonyl (C=O) groups is 1. The first kappa shape index (κ1) is 19.5. The second-order valence-corrected chi connectivity index (χ2v) is 7.75. The van der Waals surface area contributed by atoms with Gasteiger partial charge in [-0.1, -0.05) is 35.9 Å². The molecule has 0 saturated heterocycles. The summed E-state index contributed by atoms with van der Waals surface area (Å²) in [6.07, 6.45) is 0. The maximum Gasteiger partial charge on any atom is 0.238 e. The molecule has 27 heavy (non-hydrogen) atoms. The summed E-state index contributed by atoms with van der Waals surface area (Å²) in [4.78, 5) is 13.5. The van der Waals surface area contributed by atoms with E-state index < -0.39 is 0 Å². The van der Waals surface area contributed by atoms with Crippen molar-refractivity contribution in [1.29, 1.82) is 0 Å². The second-order valence-electron chi connectivity index (χ2n) is 6.37. The van der Waals surface area contributed by atoms with Gasteiger partial charge in [0.2, 0.25) is 5.91 Å². The van der Waals surface area contributed by atoms with E-state index >= 15 is 0 Å². The molecule has 0 spiro atoms. The Labute approximate surface area is 167 Å². The van der Waals surface area contributed by atoms with E-state index in [1.165, 1.54) is 12.1 Å². The van der Waals surface area contributed by atoms with Crippen molar-refractivity contribution in [2.45, 2.75) is 19.9 Å². The van der Waals surface area contributed by atoms with Crippen LogP contribution in [0.25, 0.3) is 0 Å². The van der Waals surface area contributed by atoms with Crippen molar-refractivity contribution in [3.63, 3.8) is 0 Å². The smallest absolute Gasteiger partial charge is 0.238 e. The highest BCUT2D eigenvalue weighted by molar-refractivity contribution is 7.10. The van der Waals surface area contributed by atoms with Gasteiger partial charge in [0.05, 0.1) is 23.3 Å². The van der Waals surface area contributed by atoms with E-state index in [-0.39, 0.29) is 24.3 Å². The van der Waals surface area contributed by atoms with Gasteiger partial charge in [-0.3, -0.25) is 10.1 Å². The van der Waals surface area contributed by atoms with Gasteiger partial charge in [-0.05, 0) is 60.2 Å². The van der Waals surface area contributed by atoms with Crippen molar-refractivity contribution in [3.05, 3.63) is 86.3 Å². The molecular weight excluding hydrogens is 383 g/mol. The Morgan fingerprint density at radius 1 is 1.19 bits per heavy atom. The Morgan fingerprint density at radius 2 is 1.93 bits per heavy atom. The van der Waals surface area contributed by atoms with Gasteiger partial charge in [0.15, 0.2) is 0 Å². The molecule has 0 aliphatic rings. The first-order chi connectivity index (χ1) is 12.9. The number of halogens is 2. The Bertz CT molecular complexity index is 903. The predicted molar refractivity (Wildman–Crippen MR) is 110 cm³/mol. The third-order valence-corrected chi connectivity index (χ3v) is 5.43. The number of thiophene rings is 1. The average molecular weight is 403 g/mol. The number of carbonyl (C=O) groups excluding carboxylic acids is 1. The summed E-state index contributed by atoms with van der Waals surface area (Å²) < 4.78 is 13.3. The molecule has 0 saturated carbocycles. The lowest BCUT2D eigenvalue weighted by Crippen LogP contribution is -2.31. The summed E-state index contributed by atoms with van der Waals surface area (Å²) in [5, 5.41) is 8.64. The molecule has 0 unspecified atom stereocenters. The zero-order valence-corrected chi connectivity index (χ0v) is 16.6. The summed E-state index contributed by atoms with van der Waals surface area (Å²) >= 11 is 7.85. The highest BCUT2D eigenvalue weighted by Gasteiger charge is 2.17. The van der Waals surface area contributed by atoms with Crippen LogP contribution in [0.15, 0.2) is 53.9 Å². The van der Waals surface area contributed by atoms with Crippen molar-refractivity contribution < 1.29 is 9.18 Å². The van der Waals surface area contributed by atoms with Crippen LogP contribution < -0.4 is 10.6 Å². The van der Waals surface area contributed by atoms with Crippen LogP contribution in [0.4, 0.5) is 10.1 Å². The van der Waals surface area contributed by atoms with E-state index in [4.69, 9.17) is 11.6 Å². The summed E-state index contributed by atoms with van der Waals surface area (Å²) in [5.41, 5.74) is 3.49. The van der Waals surface area contributed by atoms with Gasteiger partial charge in [0.25, 0.3) is 0 Å². The standard InChI is InChI=1S/C21H20ClFN2OS/c1-13-10-14(2)20(17(22)11-13)25-19(26)12-24-21(18-4-3-9-27-18)15-5-7-16(23)8-6-15/h3-11,21,24H,12H2,1-2H3,(H,25,26)/t21-/m0/s1. The number of nitrogens with one attached hydrogen (secondary N) is 2. The van der Waals surface area contributed by atoms with Gasteiger partial charge in [0, 0.05) is 4.88 Å². The third-order valence-electron chi connectivity index (χ3n) is 4.19. The fourth-order valence-electron chi connectivity index (χ4n) is 2.95. The number of anilines is 1. The molecule has 1 atom stereocenters. The Morgan fingerprint density at radius 3 is 2.56 bits per heavy atom. The molecular formula is C21H20ClFN2OS. The second kappa shape index (κ2) is 8.65. The highest BCUT2D eigenvalue weighted by Crippen LogP contribution is 2.28. The molecule has 0 radical (unpaired) electrons. The van der Waals surface area contributed by atoms with Crippen LogP contribution in [-0.2, 0) is 4.79 Å². The molecule has 3 aromatic rings. The van der Waals surface area contributed by atoms with Crippen molar-refractivity contribution in [2.75, 3.05) is 11.9 Å². The van der Waals surface area contributed by atoms with Crippen LogP contribution in [0, 0.1) is 19.7 Å². The minimum Gasteiger partial charge on any atom is -0.323 e. The van der Waals surface area contributed by atoms with Crippen LogP contribution in [-0.4, -0.2) is 12.5 Å². The number of rotatable bonds is 6. The van der Waals surface area contributed by atoms with Gasteiger partial charge >= 0.3 is 0 Å². The topological polar surface area (TPSA) is 41.1 Å². The van der Waals surface area contributed by atoms with Crippen molar-refractivity contribution >= 4 is 34.5 Å². The van der Waals surface area contributed by atoms with Crippen LogP contribution in [0.1, 0.15) is 27.6 Å². The average Bonchev–Trinajstić information content (AvgIpc) is 3.14. The number of hydrogen-bond donors (Lipinski definition) is 2. The first-order valence-electron chi connectivity index (χ1n) is 8.53. The summed E-state index contributed by atoms with van der Waals surface area (Å²) in [5.74, 6) is -0.474. The van der Waals surface area contributed by atoms with E-state index in [9.17, 15) is 9.18 Å². The molecule has 140 valence electrons. The maximum atomic E-state index is 13.3. The normalized spacial score (nSPS) is 12.0. The molecule has 1 amide bonds. The Hall–Kier alpha value is -2.21. The first-order valence-corrected chi connectivity index (χ1v) is 9.78. The van der Waals surface area contributed by atoms with Crippen LogP contribution in [0.3, 0.4) is 0 Å². The minimum absolute atomic E-state index is 0.101. The van der Waals surface area contributed by atoms with Gasteiger partial charge in [-0.2, -0.15) is 0 Å². The molecule has 6 heteroatoms. The lowest BCUT2D eigenvalue weighted by atomic mass is 10.1. The Kier molecular flexibility index (Phi) is 6.26. The van der Waals surface area contributed by atoms with Crippen LogP contribution in [0.5, 0.6) is 0 Å². The molecule has 0 fully saturated rings. The summed E-state index contributed by atoms with van der Waals surface area (Å²) in [7, 11) is 0. The molecule has 3 nitrogen and oxygen atoms in total. The number of aryl methyl sites for hydroxylation is 2. The van der Waals surface area contributed by atoms with Crippen molar-refractivity contribution in [2.24, 2.45) is 0 Å². The largest absolute Gasteiger partial charge is 0.323 e. The molecule has 2 aromatic carbocycles. The van der Waals surface area contributed by atoms with E-state index in [2.05, 4.69) is 10.6 Å². The summed E-state index contributed by atoms with van der Waals surface area (Å²) in [6, 6.07) is 13.9. The minimum atomic E-state index is -0.286. The zero-order chi connectivity index (χ0) is 19.4. The molecule has 0 aliphatic heterocycles. The monoisotopic (exact) mass is 402 g/mol. The maximum absolute atomic E-state index is 13.3. The Balaban J connectivity index is 1.72. The number of benzene rings is 2. The highest BCUT2D eigenvalue weighted by atomic mass is 35.5. The molecule has 1 heterocycles. The van der Waals surface area contributed by atoms with Gasteiger partial charge in [-0.15, -0.1) is 11.3 Å². The zero-order valence-electron chi connectivity index (χ0n) is 15.1. The molecule has 0 aliphatic carbocycles. The molecule has 2 N–H and O–H groups in total. The quantitative estimate of drug-likeness (QED) is 0.573. The predicted octanol–water partition coefficient (Wildman–Crippen LogP) is 5.48. The lowest BCUT2D eigenvalue weighted by molar-refractivity contribution is -0.115. The molecule has 0 bridgehead atoms. The number of amides is 1. The fraction of sp³-hybridized carbons (Fsp3) is 0.190. The van der Waals surface area contributed by atoms with Gasteiger partial charge in [-0.25, -0.2) is 4.39 Å². The van der Waals surface area contributed by atoms with Crippen molar-refractivity contribution in [3.8, 4) is 0 Å².